The highest BCUT2D eigenvalue weighted by atomic mass is 16.3. The Kier molecular flexibility index (Phi) is 2.55. The number of carbonyl (C=O) groups excluding carboxylic acids is 1. The van der Waals surface area contributed by atoms with Crippen molar-refractivity contribution in [3.63, 3.8) is 0 Å². The molecule has 0 spiro atoms. The van der Waals surface area contributed by atoms with Crippen LogP contribution < -0.4 is 0 Å². The molecule has 4 nitrogen and oxygen atoms in total. The lowest BCUT2D eigenvalue weighted by atomic mass is 10.1. The molecule has 0 saturated heterocycles. The average Bonchev–Trinajstić information content (AvgIpc) is 2.32. The van der Waals surface area contributed by atoms with Gasteiger partial charge >= 0.3 is 0 Å². The first-order valence-corrected chi connectivity index (χ1v) is 4.65. The van der Waals surface area contributed by atoms with Crippen molar-refractivity contribution >= 4 is 6.29 Å². The van der Waals surface area contributed by atoms with Crippen LogP contribution in [0, 0.1) is 0 Å². The second-order valence-electron chi connectivity index (χ2n) is 3.27. The number of benzene rings is 1. The molecule has 0 aliphatic rings. The number of aromatic nitrogens is 1. The number of rotatable bonds is 2. The quantitative estimate of drug-likeness (QED) is 0.593. The Balaban J connectivity index is 2.57. The largest absolute Gasteiger partial charge is 0.508 e. The fourth-order valence-corrected chi connectivity index (χ4v) is 1.40. The Morgan fingerprint density at radius 3 is 2.69 bits per heavy atom. The van der Waals surface area contributed by atoms with Gasteiger partial charge in [0, 0.05) is 5.56 Å². The van der Waals surface area contributed by atoms with E-state index in [4.69, 9.17) is 0 Å². The molecule has 1 aromatic carbocycles. The first kappa shape index (κ1) is 10.2. The lowest BCUT2D eigenvalue weighted by Gasteiger charge is -2.04. The molecular formula is C12H9NO3. The minimum absolute atomic E-state index is 0.00773. The van der Waals surface area contributed by atoms with E-state index in [1.54, 1.807) is 18.2 Å². The van der Waals surface area contributed by atoms with E-state index in [0.717, 1.165) is 0 Å². The van der Waals surface area contributed by atoms with Crippen LogP contribution in [-0.4, -0.2) is 21.5 Å². The van der Waals surface area contributed by atoms with Crippen LogP contribution >= 0.6 is 0 Å². The standard InChI is InChI=1S/C12H9NO3/c14-7-8-2-1-3-11(13-8)10-6-9(15)4-5-12(10)16/h1-7,15-16H. The van der Waals surface area contributed by atoms with Crippen molar-refractivity contribution in [2.45, 2.75) is 0 Å². The monoisotopic (exact) mass is 215 g/mol. The number of carbonyl (C=O) groups is 1. The SMILES string of the molecule is O=Cc1cccc(-c2cc(O)ccc2O)n1. The molecule has 0 bridgehead atoms. The minimum atomic E-state index is 0.00773. The summed E-state index contributed by atoms with van der Waals surface area (Å²) >= 11 is 0. The van der Waals surface area contributed by atoms with Gasteiger partial charge in [0.05, 0.1) is 5.69 Å². The molecule has 0 aliphatic carbocycles. The van der Waals surface area contributed by atoms with Gasteiger partial charge in [-0.05, 0) is 30.3 Å². The normalized spacial score (nSPS) is 10.0. The van der Waals surface area contributed by atoms with Crippen molar-refractivity contribution in [1.82, 2.24) is 4.98 Å². The first-order chi connectivity index (χ1) is 7.70. The summed E-state index contributed by atoms with van der Waals surface area (Å²) in [5.74, 6) is 0.0412. The van der Waals surface area contributed by atoms with Crippen LogP contribution in [0.25, 0.3) is 11.3 Å². The van der Waals surface area contributed by atoms with Crippen molar-refractivity contribution in [2.24, 2.45) is 0 Å². The van der Waals surface area contributed by atoms with E-state index >= 15 is 0 Å². The van der Waals surface area contributed by atoms with Gasteiger partial charge < -0.3 is 10.2 Å². The number of hydrogen-bond donors (Lipinski definition) is 2. The number of phenols is 2. The highest BCUT2D eigenvalue weighted by Crippen LogP contribution is 2.30. The van der Waals surface area contributed by atoms with Crippen molar-refractivity contribution in [1.29, 1.82) is 0 Å². The number of phenolic OH excluding ortho intramolecular Hbond substituents is 2. The smallest absolute Gasteiger partial charge is 0.168 e. The van der Waals surface area contributed by atoms with E-state index in [-0.39, 0.29) is 17.2 Å². The van der Waals surface area contributed by atoms with Gasteiger partial charge in [0.15, 0.2) is 6.29 Å². The van der Waals surface area contributed by atoms with E-state index < -0.39 is 0 Å². The summed E-state index contributed by atoms with van der Waals surface area (Å²) < 4.78 is 0. The lowest BCUT2D eigenvalue weighted by molar-refractivity contribution is 0.111. The minimum Gasteiger partial charge on any atom is -0.508 e. The molecule has 2 N–H and O–H groups in total. The number of nitrogens with zero attached hydrogens (tertiary/aromatic N) is 1. The molecule has 0 fully saturated rings. The van der Waals surface area contributed by atoms with Crippen molar-refractivity contribution < 1.29 is 15.0 Å². The zero-order chi connectivity index (χ0) is 11.5. The first-order valence-electron chi connectivity index (χ1n) is 4.65. The molecule has 2 rings (SSSR count). The van der Waals surface area contributed by atoms with Crippen LogP contribution in [0.1, 0.15) is 10.5 Å². The van der Waals surface area contributed by atoms with Gasteiger partial charge in [0.25, 0.3) is 0 Å². The van der Waals surface area contributed by atoms with Crippen LogP contribution in [0.5, 0.6) is 11.5 Å². The van der Waals surface area contributed by atoms with Gasteiger partial charge in [-0.2, -0.15) is 0 Å². The summed E-state index contributed by atoms with van der Waals surface area (Å²) in [5.41, 5.74) is 1.11. The van der Waals surface area contributed by atoms with Crippen LogP contribution in [0.15, 0.2) is 36.4 Å². The Hall–Kier alpha value is -2.36. The van der Waals surface area contributed by atoms with E-state index in [0.29, 0.717) is 17.5 Å². The van der Waals surface area contributed by atoms with Gasteiger partial charge in [-0.1, -0.05) is 6.07 Å². The summed E-state index contributed by atoms with van der Waals surface area (Å²) in [6, 6.07) is 9.03. The highest BCUT2D eigenvalue weighted by Gasteiger charge is 2.07. The Bertz CT molecular complexity index is 538. The molecule has 0 atom stereocenters. The maximum atomic E-state index is 10.6. The Morgan fingerprint density at radius 2 is 1.94 bits per heavy atom. The molecule has 1 aromatic heterocycles. The van der Waals surface area contributed by atoms with Gasteiger partial charge in [-0.3, -0.25) is 4.79 Å². The topological polar surface area (TPSA) is 70.4 Å². The molecule has 1 heterocycles. The van der Waals surface area contributed by atoms with Crippen LogP contribution in [-0.2, 0) is 0 Å². The fraction of sp³-hybridized carbons (Fsp3) is 0. The zero-order valence-corrected chi connectivity index (χ0v) is 8.29. The highest BCUT2D eigenvalue weighted by molar-refractivity contribution is 5.75. The lowest BCUT2D eigenvalue weighted by Crippen LogP contribution is -1.89. The molecule has 2 aromatic rings. The molecule has 4 heteroatoms. The van der Waals surface area contributed by atoms with E-state index in [9.17, 15) is 15.0 Å². The predicted octanol–water partition coefficient (Wildman–Crippen LogP) is 1.97. The van der Waals surface area contributed by atoms with Crippen molar-refractivity contribution in [2.75, 3.05) is 0 Å². The summed E-state index contributed by atoms with van der Waals surface area (Å²) in [7, 11) is 0. The number of aromatic hydroxyl groups is 2. The molecule has 0 amide bonds. The van der Waals surface area contributed by atoms with Crippen molar-refractivity contribution in [3.05, 3.63) is 42.1 Å². The van der Waals surface area contributed by atoms with Gasteiger partial charge in [-0.25, -0.2) is 4.98 Å². The maximum Gasteiger partial charge on any atom is 0.168 e. The third-order valence-corrected chi connectivity index (χ3v) is 2.15. The summed E-state index contributed by atoms with van der Waals surface area (Å²) in [4.78, 5) is 14.6. The molecule has 0 saturated carbocycles. The number of hydrogen-bond acceptors (Lipinski definition) is 4. The van der Waals surface area contributed by atoms with Crippen LogP contribution in [0.3, 0.4) is 0 Å². The summed E-state index contributed by atoms with van der Waals surface area (Å²) in [5, 5.41) is 18.9. The average molecular weight is 215 g/mol. The third-order valence-electron chi connectivity index (χ3n) is 2.15. The Morgan fingerprint density at radius 1 is 1.12 bits per heavy atom. The second kappa shape index (κ2) is 4.02. The fourth-order valence-electron chi connectivity index (χ4n) is 1.40. The van der Waals surface area contributed by atoms with E-state index in [1.807, 2.05) is 0 Å². The molecule has 0 aliphatic heterocycles. The number of pyridine rings is 1. The van der Waals surface area contributed by atoms with Gasteiger partial charge in [0.2, 0.25) is 0 Å². The zero-order valence-electron chi connectivity index (χ0n) is 8.29. The van der Waals surface area contributed by atoms with Crippen LogP contribution in [0.2, 0.25) is 0 Å². The van der Waals surface area contributed by atoms with Gasteiger partial charge in [0.1, 0.15) is 17.2 Å². The van der Waals surface area contributed by atoms with E-state index in [2.05, 4.69) is 4.98 Å². The van der Waals surface area contributed by atoms with Crippen LogP contribution in [0.4, 0.5) is 0 Å². The molecular weight excluding hydrogens is 206 g/mol. The molecule has 0 unspecified atom stereocenters. The molecule has 16 heavy (non-hydrogen) atoms. The Labute approximate surface area is 91.8 Å². The van der Waals surface area contributed by atoms with Gasteiger partial charge in [-0.15, -0.1) is 0 Å². The predicted molar refractivity (Wildman–Crippen MR) is 58.4 cm³/mol. The maximum absolute atomic E-state index is 10.6. The summed E-state index contributed by atoms with van der Waals surface area (Å²) in [6.07, 6.45) is 0.628. The van der Waals surface area contributed by atoms with Crippen molar-refractivity contribution in [3.8, 4) is 22.8 Å². The summed E-state index contributed by atoms with van der Waals surface area (Å²) in [6.45, 7) is 0. The second-order valence-corrected chi connectivity index (χ2v) is 3.27. The number of aldehydes is 1. The molecule has 0 radical (unpaired) electrons. The third kappa shape index (κ3) is 1.86. The van der Waals surface area contributed by atoms with E-state index in [1.165, 1.54) is 18.2 Å². The molecule has 80 valence electrons.